The SMILES string of the molecule is Cc1cc(CO)cc(C=O)n1. The molecular weight excluding hydrogens is 142 g/mol. The number of nitrogens with zero attached hydrogens (tertiary/aromatic N) is 1. The van der Waals surface area contributed by atoms with E-state index < -0.39 is 0 Å². The monoisotopic (exact) mass is 151 g/mol. The standard InChI is InChI=1S/C8H9NO2/c1-6-2-7(4-10)3-8(5-11)9-6/h2-3,5,10H,4H2,1H3. The zero-order chi connectivity index (χ0) is 8.27. The number of aldehydes is 1. The average molecular weight is 151 g/mol. The molecule has 0 amide bonds. The van der Waals surface area contributed by atoms with E-state index >= 15 is 0 Å². The van der Waals surface area contributed by atoms with Crippen LogP contribution in [-0.4, -0.2) is 16.4 Å². The van der Waals surface area contributed by atoms with Crippen LogP contribution in [0.4, 0.5) is 0 Å². The second-order valence-corrected chi connectivity index (χ2v) is 2.32. The topological polar surface area (TPSA) is 50.2 Å². The van der Waals surface area contributed by atoms with E-state index in [4.69, 9.17) is 5.11 Å². The van der Waals surface area contributed by atoms with Gasteiger partial charge in [0.25, 0.3) is 0 Å². The molecule has 0 unspecified atom stereocenters. The van der Waals surface area contributed by atoms with Gasteiger partial charge in [-0.3, -0.25) is 9.78 Å². The third-order valence-electron chi connectivity index (χ3n) is 1.34. The molecule has 3 heteroatoms. The van der Waals surface area contributed by atoms with Crippen molar-refractivity contribution in [2.75, 3.05) is 0 Å². The van der Waals surface area contributed by atoms with Gasteiger partial charge >= 0.3 is 0 Å². The molecule has 3 nitrogen and oxygen atoms in total. The van der Waals surface area contributed by atoms with Gasteiger partial charge in [0.05, 0.1) is 6.61 Å². The second kappa shape index (κ2) is 3.25. The van der Waals surface area contributed by atoms with E-state index in [-0.39, 0.29) is 6.61 Å². The number of aliphatic hydroxyl groups excluding tert-OH is 1. The predicted molar refractivity (Wildman–Crippen MR) is 40.3 cm³/mol. The maximum Gasteiger partial charge on any atom is 0.168 e. The van der Waals surface area contributed by atoms with Crippen molar-refractivity contribution >= 4 is 6.29 Å². The number of carbonyl (C=O) groups is 1. The fourth-order valence-electron chi connectivity index (χ4n) is 0.920. The Morgan fingerprint density at radius 3 is 2.91 bits per heavy atom. The molecule has 1 aromatic heterocycles. The number of carbonyl (C=O) groups excluding carboxylic acids is 1. The number of hydrogen-bond donors (Lipinski definition) is 1. The Hall–Kier alpha value is -1.22. The van der Waals surface area contributed by atoms with E-state index in [0.29, 0.717) is 12.0 Å². The molecule has 1 heterocycles. The summed E-state index contributed by atoms with van der Waals surface area (Å²) in [6.07, 6.45) is 0.673. The first-order chi connectivity index (χ1) is 5.26. The Morgan fingerprint density at radius 1 is 1.64 bits per heavy atom. The van der Waals surface area contributed by atoms with Crippen LogP contribution in [0, 0.1) is 6.92 Å². The van der Waals surface area contributed by atoms with Crippen LogP contribution in [0.25, 0.3) is 0 Å². The van der Waals surface area contributed by atoms with Crippen molar-refractivity contribution in [1.29, 1.82) is 0 Å². The van der Waals surface area contributed by atoms with Gasteiger partial charge < -0.3 is 5.11 Å². The third-order valence-corrected chi connectivity index (χ3v) is 1.34. The molecule has 0 atom stereocenters. The first-order valence-electron chi connectivity index (χ1n) is 3.30. The van der Waals surface area contributed by atoms with Crippen molar-refractivity contribution in [1.82, 2.24) is 4.98 Å². The van der Waals surface area contributed by atoms with Gasteiger partial charge in [0, 0.05) is 5.69 Å². The van der Waals surface area contributed by atoms with Gasteiger partial charge in [-0.2, -0.15) is 0 Å². The summed E-state index contributed by atoms with van der Waals surface area (Å²) in [5, 5.41) is 8.74. The third kappa shape index (κ3) is 1.85. The van der Waals surface area contributed by atoms with Crippen molar-refractivity contribution < 1.29 is 9.90 Å². The van der Waals surface area contributed by atoms with Crippen LogP contribution in [0.3, 0.4) is 0 Å². The smallest absolute Gasteiger partial charge is 0.168 e. The molecule has 1 rings (SSSR count). The van der Waals surface area contributed by atoms with Gasteiger partial charge in [0.1, 0.15) is 5.69 Å². The van der Waals surface area contributed by atoms with Crippen molar-refractivity contribution in [3.05, 3.63) is 29.1 Å². The quantitative estimate of drug-likeness (QED) is 0.633. The number of pyridine rings is 1. The van der Waals surface area contributed by atoms with Crippen molar-refractivity contribution in [2.24, 2.45) is 0 Å². The Labute approximate surface area is 64.7 Å². The lowest BCUT2D eigenvalue weighted by Gasteiger charge is -1.98. The number of rotatable bonds is 2. The molecule has 0 aliphatic carbocycles. The van der Waals surface area contributed by atoms with Gasteiger partial charge in [-0.1, -0.05) is 0 Å². The molecular formula is C8H9NO2. The Morgan fingerprint density at radius 2 is 2.36 bits per heavy atom. The van der Waals surface area contributed by atoms with Crippen LogP contribution in [-0.2, 0) is 6.61 Å². The minimum absolute atomic E-state index is 0.0514. The van der Waals surface area contributed by atoms with Gasteiger partial charge in [-0.25, -0.2) is 0 Å². The van der Waals surface area contributed by atoms with Crippen molar-refractivity contribution in [3.8, 4) is 0 Å². The highest BCUT2D eigenvalue weighted by Gasteiger charge is 1.96. The number of aryl methyl sites for hydroxylation is 1. The van der Waals surface area contributed by atoms with Crippen LogP contribution in [0.5, 0.6) is 0 Å². The number of hydrogen-bond acceptors (Lipinski definition) is 3. The van der Waals surface area contributed by atoms with E-state index in [2.05, 4.69) is 4.98 Å². The molecule has 0 aromatic carbocycles. The van der Waals surface area contributed by atoms with Gasteiger partial charge in [0.15, 0.2) is 6.29 Å². The minimum Gasteiger partial charge on any atom is -0.392 e. The number of aliphatic hydroxyl groups is 1. The van der Waals surface area contributed by atoms with Crippen LogP contribution < -0.4 is 0 Å². The van der Waals surface area contributed by atoms with E-state index in [0.717, 1.165) is 11.3 Å². The molecule has 11 heavy (non-hydrogen) atoms. The molecule has 0 fully saturated rings. The summed E-state index contributed by atoms with van der Waals surface area (Å²) in [6.45, 7) is 1.73. The molecule has 0 spiro atoms. The summed E-state index contributed by atoms with van der Waals surface area (Å²) in [5.41, 5.74) is 1.84. The summed E-state index contributed by atoms with van der Waals surface area (Å²) < 4.78 is 0. The lowest BCUT2D eigenvalue weighted by molar-refractivity contribution is 0.111. The number of aromatic nitrogens is 1. The molecule has 0 saturated carbocycles. The van der Waals surface area contributed by atoms with Crippen LogP contribution in [0.1, 0.15) is 21.7 Å². The van der Waals surface area contributed by atoms with Gasteiger partial charge in [0.2, 0.25) is 0 Å². The second-order valence-electron chi connectivity index (χ2n) is 2.32. The predicted octanol–water partition coefficient (Wildman–Crippen LogP) is 0.695. The van der Waals surface area contributed by atoms with E-state index in [1.54, 1.807) is 19.1 Å². The van der Waals surface area contributed by atoms with Crippen LogP contribution >= 0.6 is 0 Å². The highest BCUT2D eigenvalue weighted by atomic mass is 16.3. The van der Waals surface area contributed by atoms with Gasteiger partial charge in [-0.15, -0.1) is 0 Å². The maximum atomic E-state index is 10.3. The first kappa shape index (κ1) is 7.88. The largest absolute Gasteiger partial charge is 0.392 e. The van der Waals surface area contributed by atoms with Crippen LogP contribution in [0.15, 0.2) is 12.1 Å². The van der Waals surface area contributed by atoms with Crippen molar-refractivity contribution in [2.45, 2.75) is 13.5 Å². The van der Waals surface area contributed by atoms with Gasteiger partial charge in [-0.05, 0) is 24.6 Å². The summed E-state index contributed by atoms with van der Waals surface area (Å²) in [7, 11) is 0. The first-order valence-corrected chi connectivity index (χ1v) is 3.30. The molecule has 0 aliphatic rings. The lowest BCUT2D eigenvalue weighted by atomic mass is 10.2. The highest BCUT2D eigenvalue weighted by molar-refractivity contribution is 5.72. The van der Waals surface area contributed by atoms with E-state index in [1.165, 1.54) is 0 Å². The molecule has 0 bridgehead atoms. The molecule has 0 radical (unpaired) electrons. The highest BCUT2D eigenvalue weighted by Crippen LogP contribution is 2.03. The Kier molecular flexibility index (Phi) is 2.33. The minimum atomic E-state index is -0.0514. The summed E-state index contributed by atoms with van der Waals surface area (Å²) in [5.74, 6) is 0. The Balaban J connectivity index is 3.11. The maximum absolute atomic E-state index is 10.3. The normalized spacial score (nSPS) is 9.64. The lowest BCUT2D eigenvalue weighted by Crippen LogP contribution is -1.93. The molecule has 0 saturated heterocycles. The van der Waals surface area contributed by atoms with E-state index in [1.807, 2.05) is 0 Å². The molecule has 0 aliphatic heterocycles. The molecule has 58 valence electrons. The fraction of sp³-hybridized carbons (Fsp3) is 0.250. The molecule has 1 aromatic rings. The van der Waals surface area contributed by atoms with Crippen LogP contribution in [0.2, 0.25) is 0 Å². The molecule has 1 N–H and O–H groups in total. The van der Waals surface area contributed by atoms with Crippen molar-refractivity contribution in [3.63, 3.8) is 0 Å². The summed E-state index contributed by atoms with van der Waals surface area (Å²) in [6, 6.07) is 3.31. The Bertz CT molecular complexity index is 271. The fourth-order valence-corrected chi connectivity index (χ4v) is 0.920. The zero-order valence-corrected chi connectivity index (χ0v) is 6.24. The average Bonchev–Trinajstić information content (AvgIpc) is 2.03. The summed E-state index contributed by atoms with van der Waals surface area (Å²) in [4.78, 5) is 14.2. The van der Waals surface area contributed by atoms with E-state index in [9.17, 15) is 4.79 Å². The zero-order valence-electron chi connectivity index (χ0n) is 6.24. The summed E-state index contributed by atoms with van der Waals surface area (Å²) >= 11 is 0.